The van der Waals surface area contributed by atoms with Crippen molar-refractivity contribution < 1.29 is 14.6 Å². The third-order valence-electron chi connectivity index (χ3n) is 3.04. The first-order valence-electron chi connectivity index (χ1n) is 5.60. The summed E-state index contributed by atoms with van der Waals surface area (Å²) in [5.41, 5.74) is 0.575. The zero-order valence-corrected chi connectivity index (χ0v) is 10.7. The van der Waals surface area contributed by atoms with Crippen LogP contribution in [0.15, 0.2) is 0 Å². The van der Waals surface area contributed by atoms with E-state index < -0.39 is 5.97 Å². The van der Waals surface area contributed by atoms with Crippen molar-refractivity contribution in [2.75, 3.05) is 12.4 Å². The van der Waals surface area contributed by atoms with E-state index in [-0.39, 0.29) is 0 Å². The van der Waals surface area contributed by atoms with Crippen LogP contribution in [0.4, 0.5) is 5.13 Å². The van der Waals surface area contributed by atoms with Crippen molar-refractivity contribution in [3.05, 3.63) is 10.6 Å². The molecule has 1 heterocycles. The van der Waals surface area contributed by atoms with E-state index in [1.165, 1.54) is 11.3 Å². The zero-order valence-electron chi connectivity index (χ0n) is 9.90. The Hall–Kier alpha value is -1.14. The summed E-state index contributed by atoms with van der Waals surface area (Å²) < 4.78 is 5.30. The smallest absolute Gasteiger partial charge is 0.347 e. The van der Waals surface area contributed by atoms with E-state index in [2.05, 4.69) is 10.3 Å². The molecule has 0 bridgehead atoms. The number of rotatable bonds is 4. The Bertz CT molecular complexity index is 419. The molecule has 1 aliphatic rings. The van der Waals surface area contributed by atoms with Crippen LogP contribution in [0.3, 0.4) is 0 Å². The number of methoxy groups -OCH3 is 1. The van der Waals surface area contributed by atoms with Crippen molar-refractivity contribution in [1.29, 1.82) is 0 Å². The SMILES string of the molecule is COC1CCC(Nc2nc(C)c(C(=O)O)s2)C1. The van der Waals surface area contributed by atoms with E-state index in [0.717, 1.165) is 19.3 Å². The first-order chi connectivity index (χ1) is 8.10. The molecule has 0 aromatic carbocycles. The van der Waals surface area contributed by atoms with E-state index in [4.69, 9.17) is 9.84 Å². The lowest BCUT2D eigenvalue weighted by molar-refractivity contribution is 0.0701. The molecular weight excluding hydrogens is 240 g/mol. The van der Waals surface area contributed by atoms with Crippen molar-refractivity contribution in [3.8, 4) is 0 Å². The summed E-state index contributed by atoms with van der Waals surface area (Å²) in [7, 11) is 1.73. The van der Waals surface area contributed by atoms with Gasteiger partial charge in [0, 0.05) is 13.2 Å². The molecule has 0 aliphatic heterocycles. The Balaban J connectivity index is 2.00. The highest BCUT2D eigenvalue weighted by Crippen LogP contribution is 2.28. The van der Waals surface area contributed by atoms with Gasteiger partial charge in [-0.1, -0.05) is 11.3 Å². The first-order valence-corrected chi connectivity index (χ1v) is 6.42. The summed E-state index contributed by atoms with van der Waals surface area (Å²) in [5, 5.41) is 12.9. The highest BCUT2D eigenvalue weighted by molar-refractivity contribution is 7.17. The summed E-state index contributed by atoms with van der Waals surface area (Å²) in [6.45, 7) is 1.72. The largest absolute Gasteiger partial charge is 0.477 e. The van der Waals surface area contributed by atoms with Crippen LogP contribution in [-0.2, 0) is 4.74 Å². The Morgan fingerprint density at radius 2 is 2.35 bits per heavy atom. The Labute approximate surface area is 104 Å². The molecule has 0 spiro atoms. The lowest BCUT2D eigenvalue weighted by Gasteiger charge is -2.11. The van der Waals surface area contributed by atoms with Crippen LogP contribution in [0, 0.1) is 6.92 Å². The van der Waals surface area contributed by atoms with Crippen molar-refractivity contribution in [1.82, 2.24) is 4.98 Å². The van der Waals surface area contributed by atoms with Crippen LogP contribution in [-0.4, -0.2) is 35.3 Å². The van der Waals surface area contributed by atoms with Gasteiger partial charge >= 0.3 is 5.97 Å². The normalized spacial score (nSPS) is 23.9. The highest BCUT2D eigenvalue weighted by atomic mass is 32.1. The molecule has 2 atom stereocenters. The molecule has 17 heavy (non-hydrogen) atoms. The number of hydrogen-bond acceptors (Lipinski definition) is 5. The van der Waals surface area contributed by atoms with Gasteiger partial charge in [-0.25, -0.2) is 9.78 Å². The predicted molar refractivity (Wildman–Crippen MR) is 65.9 cm³/mol. The fourth-order valence-corrected chi connectivity index (χ4v) is 3.00. The Kier molecular flexibility index (Phi) is 3.63. The fraction of sp³-hybridized carbons (Fsp3) is 0.636. The molecule has 1 aromatic rings. The molecular formula is C11H16N2O3S. The molecule has 0 amide bonds. The third kappa shape index (κ3) is 2.76. The van der Waals surface area contributed by atoms with Crippen molar-refractivity contribution >= 4 is 22.4 Å². The monoisotopic (exact) mass is 256 g/mol. The van der Waals surface area contributed by atoms with Gasteiger partial charge < -0.3 is 15.2 Å². The number of carbonyl (C=O) groups is 1. The second-order valence-corrected chi connectivity index (χ2v) is 5.25. The minimum Gasteiger partial charge on any atom is -0.477 e. The second-order valence-electron chi connectivity index (χ2n) is 4.25. The van der Waals surface area contributed by atoms with Gasteiger partial charge in [0.1, 0.15) is 4.88 Å². The van der Waals surface area contributed by atoms with Crippen LogP contribution in [0.1, 0.15) is 34.6 Å². The molecule has 1 fully saturated rings. The Morgan fingerprint density at radius 1 is 1.59 bits per heavy atom. The average Bonchev–Trinajstić information content (AvgIpc) is 2.85. The number of carboxylic acid groups (broad SMARTS) is 1. The average molecular weight is 256 g/mol. The summed E-state index contributed by atoms with van der Waals surface area (Å²) in [4.78, 5) is 15.4. The minimum atomic E-state index is -0.908. The van der Waals surface area contributed by atoms with Crippen LogP contribution in [0.25, 0.3) is 0 Å². The van der Waals surface area contributed by atoms with E-state index in [1.807, 2.05) is 0 Å². The number of carboxylic acids is 1. The summed E-state index contributed by atoms with van der Waals surface area (Å²) >= 11 is 1.20. The van der Waals surface area contributed by atoms with Gasteiger partial charge in [0.15, 0.2) is 5.13 Å². The van der Waals surface area contributed by atoms with Gasteiger partial charge in [0.2, 0.25) is 0 Å². The maximum absolute atomic E-state index is 10.9. The lowest BCUT2D eigenvalue weighted by atomic mass is 10.2. The first kappa shape index (κ1) is 12.3. The quantitative estimate of drug-likeness (QED) is 0.863. The fourth-order valence-electron chi connectivity index (χ4n) is 2.12. The number of nitrogens with one attached hydrogen (secondary N) is 1. The van der Waals surface area contributed by atoms with Crippen LogP contribution >= 0.6 is 11.3 Å². The van der Waals surface area contributed by atoms with Gasteiger partial charge in [-0.15, -0.1) is 0 Å². The third-order valence-corrected chi connectivity index (χ3v) is 4.11. The second kappa shape index (κ2) is 5.01. The summed E-state index contributed by atoms with van der Waals surface area (Å²) in [6.07, 6.45) is 3.36. The van der Waals surface area contributed by atoms with Crippen molar-refractivity contribution in [3.63, 3.8) is 0 Å². The van der Waals surface area contributed by atoms with Crippen LogP contribution < -0.4 is 5.32 Å². The molecule has 2 unspecified atom stereocenters. The molecule has 1 aromatic heterocycles. The lowest BCUT2D eigenvalue weighted by Crippen LogP contribution is -2.17. The number of aromatic nitrogens is 1. The molecule has 6 heteroatoms. The van der Waals surface area contributed by atoms with Crippen LogP contribution in [0.2, 0.25) is 0 Å². The molecule has 1 saturated carbocycles. The zero-order chi connectivity index (χ0) is 12.4. The molecule has 0 radical (unpaired) electrons. The van der Waals surface area contributed by atoms with E-state index >= 15 is 0 Å². The number of nitrogens with zero attached hydrogens (tertiary/aromatic N) is 1. The Morgan fingerprint density at radius 3 is 2.88 bits per heavy atom. The molecule has 2 N–H and O–H groups in total. The maximum Gasteiger partial charge on any atom is 0.347 e. The molecule has 1 aliphatic carbocycles. The molecule has 0 saturated heterocycles. The topological polar surface area (TPSA) is 71.5 Å². The molecule has 2 rings (SSSR count). The standard InChI is InChI=1S/C11H16N2O3S/c1-6-9(10(14)15)17-11(12-6)13-7-3-4-8(5-7)16-2/h7-8H,3-5H2,1-2H3,(H,12,13)(H,14,15). The number of aromatic carboxylic acids is 1. The molecule has 5 nitrogen and oxygen atoms in total. The van der Waals surface area contributed by atoms with Gasteiger partial charge in [-0.2, -0.15) is 0 Å². The van der Waals surface area contributed by atoms with E-state index in [0.29, 0.717) is 27.8 Å². The molecule has 94 valence electrons. The summed E-state index contributed by atoms with van der Waals surface area (Å²) in [5.74, 6) is -0.908. The predicted octanol–water partition coefficient (Wildman–Crippen LogP) is 2.13. The van der Waals surface area contributed by atoms with Gasteiger partial charge in [-0.3, -0.25) is 0 Å². The number of aryl methyl sites for hydroxylation is 1. The van der Waals surface area contributed by atoms with Gasteiger partial charge in [0.25, 0.3) is 0 Å². The van der Waals surface area contributed by atoms with Gasteiger partial charge in [0.05, 0.1) is 11.8 Å². The number of anilines is 1. The van der Waals surface area contributed by atoms with E-state index in [1.54, 1.807) is 14.0 Å². The number of hydrogen-bond donors (Lipinski definition) is 2. The number of ether oxygens (including phenoxy) is 1. The van der Waals surface area contributed by atoms with E-state index in [9.17, 15) is 4.79 Å². The maximum atomic E-state index is 10.9. The summed E-state index contributed by atoms with van der Waals surface area (Å²) in [6, 6.07) is 0.340. The highest BCUT2D eigenvalue weighted by Gasteiger charge is 2.25. The van der Waals surface area contributed by atoms with Gasteiger partial charge in [-0.05, 0) is 26.2 Å². The van der Waals surface area contributed by atoms with Crippen molar-refractivity contribution in [2.45, 2.75) is 38.3 Å². The van der Waals surface area contributed by atoms with Crippen LogP contribution in [0.5, 0.6) is 0 Å². The minimum absolute atomic E-state index is 0.313. The number of thiazole rings is 1. The van der Waals surface area contributed by atoms with Crippen molar-refractivity contribution in [2.24, 2.45) is 0 Å².